The van der Waals surface area contributed by atoms with E-state index in [1.807, 2.05) is 0 Å². The summed E-state index contributed by atoms with van der Waals surface area (Å²) in [6.45, 7) is 6.96. The normalized spacial score (nSPS) is 20.2. The molecule has 22 heavy (non-hydrogen) atoms. The number of hydrogen-bond acceptors (Lipinski definition) is 0. The molecule has 2 aliphatic carbocycles. The van der Waals surface area contributed by atoms with E-state index in [4.69, 9.17) is 0 Å². The molecule has 0 aliphatic heterocycles. The van der Waals surface area contributed by atoms with E-state index >= 15 is 0 Å². The van der Waals surface area contributed by atoms with Gasteiger partial charge in [0.2, 0.25) is 0 Å². The molecule has 1 aromatic carbocycles. The zero-order valence-electron chi connectivity index (χ0n) is 13.8. The Hall–Kier alpha value is 0.120. The van der Waals surface area contributed by atoms with Gasteiger partial charge in [0.15, 0.2) is 0 Å². The number of rotatable bonds is 2. The minimum atomic E-state index is -2.93. The first-order valence-corrected chi connectivity index (χ1v) is 21.0. The topological polar surface area (TPSA) is 0 Å². The smallest absolute Gasteiger partial charge is 0.147 e. The van der Waals surface area contributed by atoms with Crippen molar-refractivity contribution in [2.24, 2.45) is 0 Å². The van der Waals surface area contributed by atoms with Gasteiger partial charge in [0.05, 0.1) is 0 Å². The van der Waals surface area contributed by atoms with E-state index < -0.39 is 17.4 Å². The second kappa shape index (κ2) is 6.55. The minimum absolute atomic E-state index is 0. The third-order valence-corrected chi connectivity index (χ3v) is 22.8. The summed E-state index contributed by atoms with van der Waals surface area (Å²) in [6, 6.07) is 9.01. The summed E-state index contributed by atoms with van der Waals surface area (Å²) in [4.78, 5) is 0. The van der Waals surface area contributed by atoms with Crippen molar-refractivity contribution in [1.29, 1.82) is 0 Å². The van der Waals surface area contributed by atoms with Gasteiger partial charge in [0.25, 0.3) is 0 Å². The Balaban J connectivity index is 0.00000121. The molecule has 3 rings (SSSR count). The monoisotopic (exact) mass is 430 g/mol. The molecule has 0 N–H and O–H groups in total. The van der Waals surface area contributed by atoms with Crippen LogP contribution in [0.4, 0.5) is 0 Å². The van der Waals surface area contributed by atoms with E-state index in [0.717, 1.165) is 0 Å². The first kappa shape index (κ1) is 20.2. The van der Waals surface area contributed by atoms with E-state index in [2.05, 4.69) is 72.5 Å². The van der Waals surface area contributed by atoms with Crippen LogP contribution in [0.5, 0.6) is 0 Å². The van der Waals surface area contributed by atoms with Crippen molar-refractivity contribution in [1.82, 2.24) is 0 Å². The summed E-state index contributed by atoms with van der Waals surface area (Å²) in [5, 5.41) is 0. The number of fused-ring (bicyclic) bond motifs is 1. The fraction of sp³-hybridized carbons (Fsp3) is 0.333. The number of allylic oxidation sites excluding steroid dienone is 5. The SMILES string of the molecule is CC1=CC[C]([Zr]([CH3])([CH3])(=[SiH2])[CH]2C(C)=Cc3ccccc32)=C1.Cl.Cl. The van der Waals surface area contributed by atoms with Gasteiger partial charge in [0.1, 0.15) is 0 Å². The van der Waals surface area contributed by atoms with Crippen molar-refractivity contribution in [3.05, 3.63) is 62.0 Å². The van der Waals surface area contributed by atoms with Gasteiger partial charge in [-0.05, 0) is 0 Å². The van der Waals surface area contributed by atoms with Crippen molar-refractivity contribution in [2.75, 3.05) is 0 Å². The quantitative estimate of drug-likeness (QED) is 0.537. The summed E-state index contributed by atoms with van der Waals surface area (Å²) in [5.41, 5.74) is 6.08. The maximum Gasteiger partial charge on any atom is -0.147 e. The van der Waals surface area contributed by atoms with Crippen molar-refractivity contribution >= 4 is 37.8 Å². The molecule has 0 fully saturated rings. The summed E-state index contributed by atoms with van der Waals surface area (Å²) >= 11 is -2.93. The molecule has 0 aromatic heterocycles. The molecule has 0 radical (unpaired) electrons. The minimum Gasteiger partial charge on any atom is -0.147 e. The van der Waals surface area contributed by atoms with Crippen LogP contribution in [-0.2, 0) is 17.4 Å². The summed E-state index contributed by atoms with van der Waals surface area (Å²) in [7, 11) is 0. The van der Waals surface area contributed by atoms with E-state index in [9.17, 15) is 0 Å². The van der Waals surface area contributed by atoms with E-state index in [-0.39, 0.29) is 24.8 Å². The Morgan fingerprint density at radius 1 is 1.05 bits per heavy atom. The van der Waals surface area contributed by atoms with Crippen LogP contribution in [0.25, 0.3) is 6.08 Å². The average molecular weight is 433 g/mol. The maximum absolute atomic E-state index is 2.93. The van der Waals surface area contributed by atoms with Gasteiger partial charge >= 0.3 is 125 Å². The fourth-order valence-electron chi connectivity index (χ4n) is 4.13. The van der Waals surface area contributed by atoms with Crippen molar-refractivity contribution in [3.8, 4) is 0 Å². The summed E-state index contributed by atoms with van der Waals surface area (Å²) in [5.74, 6) is 0. The molecule has 0 heterocycles. The molecular weight excluding hydrogens is 406 g/mol. The van der Waals surface area contributed by atoms with Crippen LogP contribution in [0, 0.1) is 0 Å². The Bertz CT molecular complexity index is 750. The molecule has 1 unspecified atom stereocenters. The molecule has 0 nitrogen and oxygen atoms in total. The molecule has 120 valence electrons. The van der Waals surface area contributed by atoms with Crippen LogP contribution in [0.3, 0.4) is 0 Å². The van der Waals surface area contributed by atoms with Gasteiger partial charge < -0.3 is 0 Å². The van der Waals surface area contributed by atoms with Crippen molar-refractivity contribution in [3.63, 3.8) is 0 Å². The van der Waals surface area contributed by atoms with Crippen LogP contribution >= 0.6 is 24.8 Å². The molecule has 0 saturated heterocycles. The van der Waals surface area contributed by atoms with Crippen LogP contribution in [0.1, 0.15) is 35.0 Å². The largest absolute Gasteiger partial charge is 0.147 e. The molecule has 0 bridgehead atoms. The average Bonchev–Trinajstić information content (AvgIpc) is 2.91. The molecular formula is C18H26Cl2SiZr. The van der Waals surface area contributed by atoms with Crippen LogP contribution in [0.15, 0.2) is 50.8 Å². The number of benzene rings is 1. The second-order valence-corrected chi connectivity index (χ2v) is 37.3. The van der Waals surface area contributed by atoms with Crippen LogP contribution in [-0.4, -0.2) is 6.88 Å². The van der Waals surface area contributed by atoms with Gasteiger partial charge in [0, 0.05) is 0 Å². The van der Waals surface area contributed by atoms with Gasteiger partial charge in [-0.15, -0.1) is 24.8 Å². The van der Waals surface area contributed by atoms with E-state index in [1.165, 1.54) is 17.6 Å². The molecule has 1 atom stereocenters. The molecule has 1 aromatic rings. The molecule has 0 spiro atoms. The van der Waals surface area contributed by atoms with Gasteiger partial charge in [-0.3, -0.25) is 0 Å². The van der Waals surface area contributed by atoms with E-state index in [0.29, 0.717) is 3.63 Å². The fourth-order valence-corrected chi connectivity index (χ4v) is 20.2. The Morgan fingerprint density at radius 3 is 2.27 bits per heavy atom. The first-order chi connectivity index (χ1) is 9.28. The Labute approximate surface area is 149 Å². The summed E-state index contributed by atoms with van der Waals surface area (Å²) in [6.07, 6.45) is 8.51. The third kappa shape index (κ3) is 3.18. The van der Waals surface area contributed by atoms with Gasteiger partial charge in [-0.25, -0.2) is 0 Å². The van der Waals surface area contributed by atoms with Gasteiger partial charge in [-0.1, -0.05) is 0 Å². The molecule has 0 amide bonds. The second-order valence-electron chi connectivity index (χ2n) is 7.58. The molecule has 0 saturated carbocycles. The van der Waals surface area contributed by atoms with E-state index in [1.54, 1.807) is 14.4 Å². The zero-order valence-corrected chi connectivity index (χ0v) is 19.4. The first-order valence-electron chi connectivity index (χ1n) is 7.50. The van der Waals surface area contributed by atoms with Crippen molar-refractivity contribution < 1.29 is 17.4 Å². The molecule has 2 aliphatic rings. The zero-order chi connectivity index (χ0) is 14.6. The van der Waals surface area contributed by atoms with Gasteiger partial charge in [-0.2, -0.15) is 0 Å². The predicted molar refractivity (Wildman–Crippen MR) is 104 cm³/mol. The Morgan fingerprint density at radius 2 is 1.68 bits per heavy atom. The van der Waals surface area contributed by atoms with Crippen LogP contribution < -0.4 is 0 Å². The van der Waals surface area contributed by atoms with Crippen molar-refractivity contribution in [2.45, 2.75) is 33.2 Å². The summed E-state index contributed by atoms with van der Waals surface area (Å²) < 4.78 is 7.75. The number of hydrogen-bond donors (Lipinski definition) is 0. The van der Waals surface area contributed by atoms with Crippen LogP contribution in [0.2, 0.25) is 9.26 Å². The predicted octanol–water partition coefficient (Wildman–Crippen LogP) is 5.56. The number of halogens is 2. The Kier molecular flexibility index (Phi) is 6.01. The molecule has 4 heteroatoms. The maximum atomic E-state index is 2.64. The standard InChI is InChI=1S/C10H9.C6H7.2CH3.2ClH.H2Si.Zr/c1-8-6-9-4-2-3-5-10(9)7-8;1-6-4-2-3-5-6;;;;;;/h2-7H,1H3;4-5H,2H2,1H3;2*1H3;2*1H;1H2;. The third-order valence-electron chi connectivity index (χ3n) is 5.17.